The standard InChI is InChI=1S/C20H34O/c1-7-18(4,21)13-14-20(6)16(3)11-12-19(5)15(2)9-8-10-17(19)20/h7,9,16-17,21H,1,8,10-14H2,2-6H3/t16-,17-,18+,19+,20-/m0/s1. The molecule has 1 fully saturated rings. The summed E-state index contributed by atoms with van der Waals surface area (Å²) in [7, 11) is 0. The van der Waals surface area contributed by atoms with E-state index in [0.29, 0.717) is 10.8 Å². The molecule has 2 rings (SSSR count). The average molecular weight is 290 g/mol. The molecule has 0 aromatic carbocycles. The van der Waals surface area contributed by atoms with Gasteiger partial charge in [0.2, 0.25) is 0 Å². The van der Waals surface area contributed by atoms with E-state index in [-0.39, 0.29) is 0 Å². The zero-order chi connectivity index (χ0) is 15.9. The van der Waals surface area contributed by atoms with Gasteiger partial charge in [-0.3, -0.25) is 0 Å². The fraction of sp³-hybridized carbons (Fsp3) is 0.800. The normalized spacial score (nSPS) is 42.7. The Morgan fingerprint density at radius 1 is 1.43 bits per heavy atom. The Balaban J connectivity index is 2.27. The zero-order valence-electron chi connectivity index (χ0n) is 14.7. The van der Waals surface area contributed by atoms with Gasteiger partial charge in [0, 0.05) is 0 Å². The quantitative estimate of drug-likeness (QED) is 0.678. The lowest BCUT2D eigenvalue weighted by Gasteiger charge is -2.58. The lowest BCUT2D eigenvalue weighted by Crippen LogP contribution is -2.50. The molecule has 0 spiro atoms. The summed E-state index contributed by atoms with van der Waals surface area (Å²) in [6.45, 7) is 15.4. The van der Waals surface area contributed by atoms with E-state index >= 15 is 0 Å². The number of hydrogen-bond acceptors (Lipinski definition) is 1. The van der Waals surface area contributed by atoms with Crippen molar-refractivity contribution in [1.82, 2.24) is 0 Å². The molecule has 0 saturated heterocycles. The highest BCUT2D eigenvalue weighted by Crippen LogP contribution is 2.61. The van der Waals surface area contributed by atoms with Crippen molar-refractivity contribution in [3.05, 3.63) is 24.3 Å². The van der Waals surface area contributed by atoms with E-state index in [1.807, 2.05) is 6.92 Å². The third-order valence-corrected chi connectivity index (χ3v) is 7.20. The van der Waals surface area contributed by atoms with Crippen molar-refractivity contribution >= 4 is 0 Å². The monoisotopic (exact) mass is 290 g/mol. The fourth-order valence-electron chi connectivity index (χ4n) is 4.96. The molecule has 0 aromatic heterocycles. The van der Waals surface area contributed by atoms with Crippen LogP contribution in [0.5, 0.6) is 0 Å². The molecule has 2 aliphatic rings. The van der Waals surface area contributed by atoms with E-state index in [0.717, 1.165) is 24.7 Å². The molecule has 0 radical (unpaired) electrons. The minimum atomic E-state index is -0.726. The van der Waals surface area contributed by atoms with Gasteiger partial charge in [0.05, 0.1) is 5.60 Å². The number of hydrogen-bond donors (Lipinski definition) is 1. The number of fused-ring (bicyclic) bond motifs is 1. The van der Waals surface area contributed by atoms with Crippen LogP contribution in [0.4, 0.5) is 0 Å². The first-order chi connectivity index (χ1) is 9.66. The average Bonchev–Trinajstić information content (AvgIpc) is 2.44. The van der Waals surface area contributed by atoms with Crippen LogP contribution >= 0.6 is 0 Å². The van der Waals surface area contributed by atoms with Crippen LogP contribution in [-0.4, -0.2) is 10.7 Å². The largest absolute Gasteiger partial charge is 0.386 e. The fourth-order valence-corrected chi connectivity index (χ4v) is 4.96. The maximum absolute atomic E-state index is 10.3. The zero-order valence-corrected chi connectivity index (χ0v) is 14.7. The SMILES string of the molecule is C=C[C@@](C)(O)CC[C@]1(C)[C@H]2CCC=C(C)[C@@]2(C)CC[C@@H]1C. The summed E-state index contributed by atoms with van der Waals surface area (Å²) in [5.74, 6) is 1.49. The molecule has 5 atom stereocenters. The van der Waals surface area contributed by atoms with Crippen LogP contribution in [-0.2, 0) is 0 Å². The van der Waals surface area contributed by atoms with Gasteiger partial charge in [0.25, 0.3) is 0 Å². The van der Waals surface area contributed by atoms with E-state index in [4.69, 9.17) is 0 Å². The van der Waals surface area contributed by atoms with Crippen molar-refractivity contribution in [3.63, 3.8) is 0 Å². The second-order valence-electron chi connectivity index (χ2n) is 8.44. The summed E-state index contributed by atoms with van der Waals surface area (Å²) in [5.41, 5.74) is 1.58. The molecule has 1 N–H and O–H groups in total. The summed E-state index contributed by atoms with van der Waals surface area (Å²) < 4.78 is 0. The number of allylic oxidation sites excluding steroid dienone is 2. The van der Waals surface area contributed by atoms with Gasteiger partial charge >= 0.3 is 0 Å². The first-order valence-electron chi connectivity index (χ1n) is 8.69. The smallest absolute Gasteiger partial charge is 0.0797 e. The van der Waals surface area contributed by atoms with Crippen molar-refractivity contribution in [2.75, 3.05) is 0 Å². The Morgan fingerprint density at radius 2 is 2.10 bits per heavy atom. The Bertz CT molecular complexity index is 433. The second kappa shape index (κ2) is 5.57. The van der Waals surface area contributed by atoms with Crippen LogP contribution in [0.2, 0.25) is 0 Å². The highest BCUT2D eigenvalue weighted by molar-refractivity contribution is 5.20. The Hall–Kier alpha value is -0.560. The topological polar surface area (TPSA) is 20.2 Å². The second-order valence-corrected chi connectivity index (χ2v) is 8.44. The summed E-state index contributed by atoms with van der Waals surface area (Å²) in [4.78, 5) is 0. The maximum atomic E-state index is 10.3. The van der Waals surface area contributed by atoms with Gasteiger partial charge in [0.1, 0.15) is 0 Å². The third kappa shape index (κ3) is 2.86. The van der Waals surface area contributed by atoms with Gasteiger partial charge in [-0.05, 0) is 75.0 Å². The van der Waals surface area contributed by atoms with Crippen molar-refractivity contribution in [2.24, 2.45) is 22.7 Å². The van der Waals surface area contributed by atoms with E-state index in [1.165, 1.54) is 25.7 Å². The van der Waals surface area contributed by atoms with Gasteiger partial charge in [-0.25, -0.2) is 0 Å². The Morgan fingerprint density at radius 3 is 2.71 bits per heavy atom. The molecule has 0 heterocycles. The van der Waals surface area contributed by atoms with E-state index in [2.05, 4.69) is 40.3 Å². The Kier molecular flexibility index (Phi) is 4.46. The number of aliphatic hydroxyl groups is 1. The van der Waals surface area contributed by atoms with Gasteiger partial charge in [-0.15, -0.1) is 6.58 Å². The van der Waals surface area contributed by atoms with Crippen molar-refractivity contribution in [1.29, 1.82) is 0 Å². The summed E-state index contributed by atoms with van der Waals surface area (Å²) in [6.07, 6.45) is 11.3. The molecule has 0 unspecified atom stereocenters. The Labute approximate surface area is 131 Å². The molecule has 1 nitrogen and oxygen atoms in total. The molecule has 0 aliphatic heterocycles. The molecular weight excluding hydrogens is 256 g/mol. The molecule has 0 bridgehead atoms. The molecule has 21 heavy (non-hydrogen) atoms. The van der Waals surface area contributed by atoms with Gasteiger partial charge in [-0.2, -0.15) is 0 Å². The summed E-state index contributed by atoms with van der Waals surface area (Å²) in [5, 5.41) is 10.3. The van der Waals surface area contributed by atoms with Crippen LogP contribution in [0.15, 0.2) is 24.3 Å². The van der Waals surface area contributed by atoms with Crippen molar-refractivity contribution < 1.29 is 5.11 Å². The van der Waals surface area contributed by atoms with E-state index in [1.54, 1.807) is 11.6 Å². The minimum Gasteiger partial charge on any atom is -0.386 e. The maximum Gasteiger partial charge on any atom is 0.0797 e. The minimum absolute atomic E-state index is 0.329. The van der Waals surface area contributed by atoms with Gasteiger partial charge in [0.15, 0.2) is 0 Å². The van der Waals surface area contributed by atoms with Crippen molar-refractivity contribution in [2.45, 2.75) is 78.7 Å². The van der Waals surface area contributed by atoms with Crippen LogP contribution in [0.1, 0.15) is 73.1 Å². The van der Waals surface area contributed by atoms with Crippen LogP contribution in [0.3, 0.4) is 0 Å². The first-order valence-corrected chi connectivity index (χ1v) is 8.69. The lowest BCUT2D eigenvalue weighted by molar-refractivity contribution is -0.0582. The number of rotatable bonds is 4. The molecule has 120 valence electrons. The van der Waals surface area contributed by atoms with Crippen LogP contribution in [0.25, 0.3) is 0 Å². The highest BCUT2D eigenvalue weighted by Gasteiger charge is 2.53. The predicted octanol–water partition coefficient (Wildman–Crippen LogP) is 5.50. The van der Waals surface area contributed by atoms with Crippen LogP contribution < -0.4 is 0 Å². The molecule has 1 heteroatoms. The molecular formula is C20H34O. The summed E-state index contributed by atoms with van der Waals surface area (Å²) >= 11 is 0. The molecule has 0 aromatic rings. The molecule has 0 amide bonds. The third-order valence-electron chi connectivity index (χ3n) is 7.20. The lowest BCUT2D eigenvalue weighted by atomic mass is 9.47. The van der Waals surface area contributed by atoms with Crippen molar-refractivity contribution in [3.8, 4) is 0 Å². The van der Waals surface area contributed by atoms with Gasteiger partial charge < -0.3 is 5.11 Å². The predicted molar refractivity (Wildman–Crippen MR) is 91.1 cm³/mol. The van der Waals surface area contributed by atoms with Crippen LogP contribution in [0, 0.1) is 22.7 Å². The molecule has 2 aliphatic carbocycles. The van der Waals surface area contributed by atoms with Gasteiger partial charge in [-0.1, -0.05) is 38.5 Å². The summed E-state index contributed by atoms with van der Waals surface area (Å²) in [6, 6.07) is 0. The first kappa shape index (κ1) is 16.8. The molecule has 1 saturated carbocycles. The van der Waals surface area contributed by atoms with E-state index < -0.39 is 5.60 Å². The highest BCUT2D eigenvalue weighted by atomic mass is 16.3. The van der Waals surface area contributed by atoms with E-state index in [9.17, 15) is 5.11 Å².